The van der Waals surface area contributed by atoms with Crippen molar-refractivity contribution in [3.63, 3.8) is 0 Å². The monoisotopic (exact) mass is 271 g/mol. The third-order valence-corrected chi connectivity index (χ3v) is 2.81. The van der Waals surface area contributed by atoms with E-state index in [-0.39, 0.29) is 5.91 Å². The molecule has 0 aliphatic carbocycles. The normalized spacial score (nSPS) is 10.2. The van der Waals surface area contributed by atoms with Gasteiger partial charge >= 0.3 is 0 Å². The Morgan fingerprint density at radius 2 is 2.10 bits per heavy atom. The minimum absolute atomic E-state index is 0.239. The van der Waals surface area contributed by atoms with Crippen LogP contribution in [0.1, 0.15) is 28.5 Å². The van der Waals surface area contributed by atoms with Crippen LogP contribution in [0.4, 0.5) is 11.6 Å². The van der Waals surface area contributed by atoms with E-state index in [1.807, 2.05) is 26.0 Å². The van der Waals surface area contributed by atoms with Crippen molar-refractivity contribution in [2.45, 2.75) is 20.3 Å². The Balaban J connectivity index is 2.24. The Morgan fingerprint density at radius 1 is 1.30 bits per heavy atom. The Bertz CT molecular complexity index is 604. The summed E-state index contributed by atoms with van der Waals surface area (Å²) < 4.78 is 0. The number of aryl methyl sites for hydroxylation is 2. The van der Waals surface area contributed by atoms with Crippen LogP contribution in [0.3, 0.4) is 0 Å². The quantitative estimate of drug-likeness (QED) is 0.583. The molecule has 104 valence electrons. The molecule has 2 aromatic heterocycles. The van der Waals surface area contributed by atoms with Crippen molar-refractivity contribution in [1.29, 1.82) is 0 Å². The number of nitrogens with one attached hydrogen (secondary N) is 2. The molecule has 0 unspecified atom stereocenters. The Morgan fingerprint density at radius 3 is 2.75 bits per heavy atom. The number of nitrogens with zero attached hydrogens (tertiary/aromatic N) is 2. The number of carbonyl (C=O) groups is 1. The van der Waals surface area contributed by atoms with Gasteiger partial charge in [0.25, 0.3) is 5.91 Å². The van der Waals surface area contributed by atoms with E-state index in [4.69, 9.17) is 5.84 Å². The summed E-state index contributed by atoms with van der Waals surface area (Å²) in [4.78, 5) is 20.6. The van der Waals surface area contributed by atoms with Gasteiger partial charge in [-0.3, -0.25) is 4.79 Å². The number of nitrogen functional groups attached to an aromatic ring is 1. The first-order valence-corrected chi connectivity index (χ1v) is 6.34. The average Bonchev–Trinajstić information content (AvgIpc) is 2.46. The van der Waals surface area contributed by atoms with E-state index in [0.29, 0.717) is 17.2 Å². The first kappa shape index (κ1) is 14.0. The van der Waals surface area contributed by atoms with Crippen molar-refractivity contribution in [3.8, 4) is 0 Å². The van der Waals surface area contributed by atoms with E-state index in [9.17, 15) is 4.79 Å². The van der Waals surface area contributed by atoms with Crippen LogP contribution < -0.4 is 16.6 Å². The van der Waals surface area contributed by atoms with Gasteiger partial charge in [-0.1, -0.05) is 6.92 Å². The molecule has 0 aromatic carbocycles. The fraction of sp³-hybridized carbons (Fsp3) is 0.214. The highest BCUT2D eigenvalue weighted by atomic mass is 16.1. The van der Waals surface area contributed by atoms with Crippen LogP contribution in [-0.4, -0.2) is 15.9 Å². The molecule has 0 aliphatic heterocycles. The van der Waals surface area contributed by atoms with E-state index in [0.717, 1.165) is 17.7 Å². The highest BCUT2D eigenvalue weighted by Crippen LogP contribution is 2.13. The second-order valence-corrected chi connectivity index (χ2v) is 4.40. The minimum atomic E-state index is -0.239. The van der Waals surface area contributed by atoms with E-state index >= 15 is 0 Å². The van der Waals surface area contributed by atoms with Gasteiger partial charge in [0.15, 0.2) is 0 Å². The van der Waals surface area contributed by atoms with Gasteiger partial charge in [0.1, 0.15) is 11.6 Å². The molecule has 20 heavy (non-hydrogen) atoms. The summed E-state index contributed by atoms with van der Waals surface area (Å²) in [6.45, 7) is 3.90. The van der Waals surface area contributed by atoms with Gasteiger partial charge in [0.2, 0.25) is 0 Å². The summed E-state index contributed by atoms with van der Waals surface area (Å²) in [5.74, 6) is 6.10. The number of anilines is 2. The average molecular weight is 271 g/mol. The van der Waals surface area contributed by atoms with Crippen molar-refractivity contribution < 1.29 is 4.79 Å². The lowest BCUT2D eigenvalue weighted by Gasteiger charge is -2.08. The fourth-order valence-corrected chi connectivity index (χ4v) is 1.77. The summed E-state index contributed by atoms with van der Waals surface area (Å²) in [5, 5.41) is 2.76. The number of aromatic nitrogens is 2. The molecule has 2 rings (SSSR count). The van der Waals surface area contributed by atoms with Crippen LogP contribution in [0, 0.1) is 6.92 Å². The molecule has 0 atom stereocenters. The number of nitrogens with two attached hydrogens (primary N) is 1. The van der Waals surface area contributed by atoms with Gasteiger partial charge in [0.05, 0.1) is 0 Å². The largest absolute Gasteiger partial charge is 0.308 e. The first-order chi connectivity index (χ1) is 9.62. The predicted molar refractivity (Wildman–Crippen MR) is 78.4 cm³/mol. The van der Waals surface area contributed by atoms with Crippen molar-refractivity contribution in [3.05, 3.63) is 47.3 Å². The topological polar surface area (TPSA) is 92.9 Å². The minimum Gasteiger partial charge on any atom is -0.308 e. The highest BCUT2D eigenvalue weighted by molar-refractivity contribution is 6.04. The summed E-state index contributed by atoms with van der Waals surface area (Å²) >= 11 is 0. The molecule has 0 saturated carbocycles. The number of amides is 1. The second-order valence-electron chi connectivity index (χ2n) is 4.40. The van der Waals surface area contributed by atoms with E-state index in [1.54, 1.807) is 18.3 Å². The number of hydrogen-bond donors (Lipinski definition) is 3. The van der Waals surface area contributed by atoms with Crippen LogP contribution in [0.5, 0.6) is 0 Å². The number of hydrogen-bond acceptors (Lipinski definition) is 5. The zero-order chi connectivity index (χ0) is 14.5. The predicted octanol–water partition coefficient (Wildman–Crippen LogP) is 1.89. The van der Waals surface area contributed by atoms with Crippen molar-refractivity contribution in [1.82, 2.24) is 9.97 Å². The van der Waals surface area contributed by atoms with Gasteiger partial charge in [-0.15, -0.1) is 0 Å². The molecule has 0 radical (unpaired) electrons. The van der Waals surface area contributed by atoms with Gasteiger partial charge in [0, 0.05) is 17.5 Å². The van der Waals surface area contributed by atoms with Gasteiger partial charge in [-0.25, -0.2) is 15.8 Å². The second kappa shape index (κ2) is 6.12. The summed E-state index contributed by atoms with van der Waals surface area (Å²) in [6.07, 6.45) is 2.38. The van der Waals surface area contributed by atoms with E-state index in [2.05, 4.69) is 20.7 Å². The summed E-state index contributed by atoms with van der Waals surface area (Å²) in [7, 11) is 0. The lowest BCUT2D eigenvalue weighted by molar-refractivity contribution is 0.102. The number of hydrazine groups is 1. The molecule has 6 nitrogen and oxygen atoms in total. The smallest absolute Gasteiger partial charge is 0.257 e. The van der Waals surface area contributed by atoms with Crippen LogP contribution in [0.25, 0.3) is 0 Å². The van der Waals surface area contributed by atoms with Crippen LogP contribution in [0.2, 0.25) is 0 Å². The zero-order valence-corrected chi connectivity index (χ0v) is 11.5. The van der Waals surface area contributed by atoms with Crippen molar-refractivity contribution in [2.24, 2.45) is 5.84 Å². The Labute approximate surface area is 117 Å². The SMILES string of the molecule is CCc1cc(C(=O)Nc2cc(C)ccn2)cc(NN)n1. The summed E-state index contributed by atoms with van der Waals surface area (Å²) in [5.41, 5.74) is 4.78. The molecule has 0 saturated heterocycles. The maximum absolute atomic E-state index is 12.2. The lowest BCUT2D eigenvalue weighted by Crippen LogP contribution is -2.16. The number of pyridine rings is 2. The van der Waals surface area contributed by atoms with Gasteiger partial charge in [-0.2, -0.15) is 0 Å². The van der Waals surface area contributed by atoms with Crippen LogP contribution in [-0.2, 0) is 6.42 Å². The Hall–Kier alpha value is -2.47. The molecule has 2 aromatic rings. The van der Waals surface area contributed by atoms with E-state index in [1.165, 1.54) is 0 Å². The third-order valence-electron chi connectivity index (χ3n) is 2.81. The molecule has 4 N–H and O–H groups in total. The maximum Gasteiger partial charge on any atom is 0.257 e. The fourth-order valence-electron chi connectivity index (χ4n) is 1.77. The van der Waals surface area contributed by atoms with Gasteiger partial charge in [-0.05, 0) is 43.2 Å². The number of carbonyl (C=O) groups excluding carboxylic acids is 1. The lowest BCUT2D eigenvalue weighted by atomic mass is 10.2. The standard InChI is InChI=1S/C14H17N5O/c1-3-11-7-10(8-13(17-11)19-15)14(20)18-12-6-9(2)4-5-16-12/h4-8H,3,15H2,1-2H3,(H,17,19)(H,16,18,20). The summed E-state index contributed by atoms with van der Waals surface area (Å²) in [6, 6.07) is 7.02. The molecular weight excluding hydrogens is 254 g/mol. The third kappa shape index (κ3) is 3.30. The molecule has 0 bridgehead atoms. The van der Waals surface area contributed by atoms with Crippen molar-refractivity contribution in [2.75, 3.05) is 10.7 Å². The molecule has 0 fully saturated rings. The molecule has 0 aliphatic rings. The molecule has 6 heteroatoms. The zero-order valence-electron chi connectivity index (χ0n) is 11.5. The molecular formula is C14H17N5O. The molecule has 2 heterocycles. The van der Waals surface area contributed by atoms with Crippen molar-refractivity contribution >= 4 is 17.5 Å². The number of rotatable bonds is 4. The van der Waals surface area contributed by atoms with Crippen LogP contribution >= 0.6 is 0 Å². The van der Waals surface area contributed by atoms with Crippen LogP contribution in [0.15, 0.2) is 30.5 Å². The molecule has 0 spiro atoms. The molecule has 1 amide bonds. The Kier molecular flexibility index (Phi) is 4.27. The first-order valence-electron chi connectivity index (χ1n) is 6.34. The maximum atomic E-state index is 12.2. The highest BCUT2D eigenvalue weighted by Gasteiger charge is 2.10. The van der Waals surface area contributed by atoms with E-state index < -0.39 is 0 Å². The van der Waals surface area contributed by atoms with Gasteiger partial charge < -0.3 is 10.7 Å².